The molecule has 0 bridgehead atoms. The molecule has 2 atom stereocenters. The molecule has 3 rings (SSSR count). The molecule has 1 heterocycles. The second-order valence-corrected chi connectivity index (χ2v) is 7.27. The van der Waals surface area contributed by atoms with Gasteiger partial charge in [0.2, 0.25) is 0 Å². The van der Waals surface area contributed by atoms with Crippen LogP contribution in [0, 0.1) is 10.1 Å². The molecule has 170 valence electrons. The zero-order chi connectivity index (χ0) is 23.3. The van der Waals surface area contributed by atoms with Crippen LogP contribution in [0.2, 0.25) is 0 Å². The van der Waals surface area contributed by atoms with E-state index in [-0.39, 0.29) is 43.1 Å². The van der Waals surface area contributed by atoms with Crippen LogP contribution in [0.1, 0.15) is 28.8 Å². The average Bonchev–Trinajstić information content (AvgIpc) is 2.81. The average molecular weight is 444 g/mol. The number of hydrogen-bond donors (Lipinski definition) is 1. The second kappa shape index (κ2) is 10.1. The number of carbonyl (C=O) groups is 2. The van der Waals surface area contributed by atoms with Gasteiger partial charge in [-0.3, -0.25) is 14.9 Å². The highest BCUT2D eigenvalue weighted by Crippen LogP contribution is 2.36. The van der Waals surface area contributed by atoms with E-state index in [1.165, 1.54) is 25.2 Å². The number of ether oxygens (including phenoxy) is 3. The maximum atomic E-state index is 13.3. The van der Waals surface area contributed by atoms with Crippen molar-refractivity contribution in [1.82, 2.24) is 4.90 Å². The van der Waals surface area contributed by atoms with Crippen LogP contribution in [-0.4, -0.2) is 59.7 Å². The van der Waals surface area contributed by atoms with Gasteiger partial charge in [-0.2, -0.15) is 0 Å². The van der Waals surface area contributed by atoms with Crippen LogP contribution in [0.4, 0.5) is 5.69 Å². The Labute approximate surface area is 184 Å². The van der Waals surface area contributed by atoms with E-state index in [1.54, 1.807) is 0 Å². The van der Waals surface area contributed by atoms with Crippen molar-refractivity contribution < 1.29 is 33.8 Å². The van der Waals surface area contributed by atoms with Crippen LogP contribution in [0.3, 0.4) is 0 Å². The van der Waals surface area contributed by atoms with Crippen molar-refractivity contribution in [3.8, 4) is 11.5 Å². The van der Waals surface area contributed by atoms with Crippen molar-refractivity contribution >= 4 is 17.6 Å². The molecule has 0 aliphatic carbocycles. The molecule has 32 heavy (non-hydrogen) atoms. The highest BCUT2D eigenvalue weighted by Gasteiger charge is 2.39. The number of carbonyl (C=O) groups excluding carboxylic acids is 2. The molecule has 1 amide bonds. The zero-order valence-electron chi connectivity index (χ0n) is 17.7. The van der Waals surface area contributed by atoms with Gasteiger partial charge in [-0.25, -0.2) is 4.79 Å². The van der Waals surface area contributed by atoms with Gasteiger partial charge in [-0.05, 0) is 12.0 Å². The Hall–Kier alpha value is -3.66. The van der Waals surface area contributed by atoms with Crippen LogP contribution in [0.15, 0.2) is 42.5 Å². The third-order valence-corrected chi connectivity index (χ3v) is 5.26. The van der Waals surface area contributed by atoms with Crippen LogP contribution in [0.25, 0.3) is 0 Å². The number of nitro groups is 1. The third-order valence-electron chi connectivity index (χ3n) is 5.26. The van der Waals surface area contributed by atoms with Crippen molar-refractivity contribution in [2.75, 3.05) is 20.8 Å². The summed E-state index contributed by atoms with van der Waals surface area (Å²) in [6.07, 6.45) is -0.550. The fourth-order valence-corrected chi connectivity index (χ4v) is 3.58. The summed E-state index contributed by atoms with van der Waals surface area (Å²) in [5.74, 6) is -1.18. The minimum Gasteiger partial charge on any atom is -0.493 e. The normalized spacial score (nSPS) is 18.0. The van der Waals surface area contributed by atoms with Crippen LogP contribution in [-0.2, 0) is 16.1 Å². The Kier molecular flexibility index (Phi) is 7.26. The van der Waals surface area contributed by atoms with E-state index >= 15 is 0 Å². The summed E-state index contributed by atoms with van der Waals surface area (Å²) in [5, 5.41) is 21.7. The fourth-order valence-electron chi connectivity index (χ4n) is 3.58. The van der Waals surface area contributed by atoms with Gasteiger partial charge in [0.1, 0.15) is 18.2 Å². The Morgan fingerprint density at radius 1 is 1.19 bits per heavy atom. The number of benzene rings is 2. The molecule has 0 unspecified atom stereocenters. The predicted octanol–water partition coefficient (Wildman–Crippen LogP) is 2.32. The summed E-state index contributed by atoms with van der Waals surface area (Å²) in [6.45, 7) is 0.196. The minimum absolute atomic E-state index is 0.0123. The van der Waals surface area contributed by atoms with Crippen LogP contribution >= 0.6 is 0 Å². The summed E-state index contributed by atoms with van der Waals surface area (Å²) < 4.78 is 15.8. The molecular weight excluding hydrogens is 420 g/mol. The second-order valence-electron chi connectivity index (χ2n) is 7.27. The van der Waals surface area contributed by atoms with Gasteiger partial charge in [0.05, 0.1) is 31.3 Å². The van der Waals surface area contributed by atoms with E-state index in [0.29, 0.717) is 0 Å². The van der Waals surface area contributed by atoms with Crippen molar-refractivity contribution in [3.05, 3.63) is 63.7 Å². The lowest BCUT2D eigenvalue weighted by atomic mass is 9.98. The van der Waals surface area contributed by atoms with Crippen molar-refractivity contribution in [3.63, 3.8) is 0 Å². The monoisotopic (exact) mass is 444 g/mol. The maximum Gasteiger partial charge on any atom is 0.328 e. The van der Waals surface area contributed by atoms with Crippen molar-refractivity contribution in [2.24, 2.45) is 0 Å². The van der Waals surface area contributed by atoms with Gasteiger partial charge < -0.3 is 24.2 Å². The molecule has 1 N–H and O–H groups in total. The summed E-state index contributed by atoms with van der Waals surface area (Å²) in [5.41, 5.74) is 0.128. The largest absolute Gasteiger partial charge is 0.493 e. The minimum atomic E-state index is -1.05. The first kappa shape index (κ1) is 23.0. The molecule has 1 aliphatic rings. The highest BCUT2D eigenvalue weighted by molar-refractivity contribution is 6.01. The summed E-state index contributed by atoms with van der Waals surface area (Å²) in [4.78, 5) is 37.7. The molecule has 0 saturated carbocycles. The van der Waals surface area contributed by atoms with Gasteiger partial charge in [0.25, 0.3) is 11.6 Å². The molecule has 2 aromatic rings. The van der Waals surface area contributed by atoms with Crippen LogP contribution < -0.4 is 9.47 Å². The van der Waals surface area contributed by atoms with Gasteiger partial charge in [0.15, 0.2) is 11.5 Å². The number of methoxy groups -OCH3 is 2. The highest BCUT2D eigenvalue weighted by atomic mass is 16.6. The van der Waals surface area contributed by atoms with E-state index in [0.717, 1.165) is 11.6 Å². The van der Waals surface area contributed by atoms with Gasteiger partial charge in [-0.1, -0.05) is 30.3 Å². The zero-order valence-corrected chi connectivity index (χ0v) is 17.7. The molecular formula is C22H24N2O8. The molecule has 0 aromatic heterocycles. The van der Waals surface area contributed by atoms with Crippen molar-refractivity contribution in [2.45, 2.75) is 31.6 Å². The van der Waals surface area contributed by atoms with E-state index in [9.17, 15) is 24.8 Å². The Morgan fingerprint density at radius 2 is 1.91 bits per heavy atom. The number of aliphatic hydroxyl groups is 1. The quantitative estimate of drug-likeness (QED) is 0.391. The predicted molar refractivity (Wildman–Crippen MR) is 113 cm³/mol. The van der Waals surface area contributed by atoms with Crippen LogP contribution in [0.5, 0.6) is 11.5 Å². The third kappa shape index (κ3) is 4.97. The van der Waals surface area contributed by atoms with E-state index in [2.05, 4.69) is 0 Å². The number of piperidine rings is 1. The van der Waals surface area contributed by atoms with Crippen molar-refractivity contribution in [1.29, 1.82) is 0 Å². The summed E-state index contributed by atoms with van der Waals surface area (Å²) >= 11 is 0. The number of aliphatic hydroxyl groups excluding tert-OH is 1. The van der Waals surface area contributed by atoms with E-state index in [4.69, 9.17) is 14.2 Å². The Balaban J connectivity index is 1.95. The maximum absolute atomic E-state index is 13.3. The van der Waals surface area contributed by atoms with E-state index in [1.807, 2.05) is 30.3 Å². The Bertz CT molecular complexity index is 995. The number of amides is 1. The molecule has 10 heteroatoms. The molecule has 1 saturated heterocycles. The number of nitrogens with zero attached hydrogens (tertiary/aromatic N) is 2. The number of hydrogen-bond acceptors (Lipinski definition) is 8. The summed E-state index contributed by atoms with van der Waals surface area (Å²) in [6, 6.07) is 10.6. The molecule has 1 fully saturated rings. The van der Waals surface area contributed by atoms with Gasteiger partial charge >= 0.3 is 5.97 Å². The first-order valence-corrected chi connectivity index (χ1v) is 9.95. The molecule has 1 aliphatic heterocycles. The first-order valence-electron chi connectivity index (χ1n) is 9.95. The lowest BCUT2D eigenvalue weighted by Gasteiger charge is -2.36. The SMILES string of the molecule is COC(=O)[C@@H]1C[C@@H](O)CCN1C(=O)c1cc(OC)c(OCc2ccccc2)cc1[N+](=O)[O-]. The molecule has 0 radical (unpaired) electrons. The topological polar surface area (TPSA) is 128 Å². The van der Waals surface area contributed by atoms with Gasteiger partial charge in [0, 0.05) is 19.0 Å². The lowest BCUT2D eigenvalue weighted by molar-refractivity contribution is -0.385. The molecule has 0 spiro atoms. The number of likely N-dealkylation sites (tertiary alicyclic amines) is 1. The number of esters is 1. The standard InChI is InChI=1S/C22H24N2O8/c1-30-19-11-16(21(26)23-9-8-15(25)10-18(23)22(27)31-2)17(24(28)29)12-20(19)32-13-14-6-4-3-5-7-14/h3-7,11-12,15,18,25H,8-10,13H2,1-2H3/t15-,18-/m0/s1. The lowest BCUT2D eigenvalue weighted by Crippen LogP contribution is -2.51. The smallest absolute Gasteiger partial charge is 0.328 e. The molecule has 2 aromatic carbocycles. The number of nitro benzene ring substituents is 1. The Morgan fingerprint density at radius 3 is 2.53 bits per heavy atom. The van der Waals surface area contributed by atoms with E-state index < -0.39 is 34.6 Å². The number of rotatable bonds is 7. The first-order chi connectivity index (χ1) is 15.3. The van der Waals surface area contributed by atoms with Gasteiger partial charge in [-0.15, -0.1) is 0 Å². The summed E-state index contributed by atoms with van der Waals surface area (Å²) in [7, 11) is 2.54. The molecule has 10 nitrogen and oxygen atoms in total. The fraction of sp³-hybridized carbons (Fsp3) is 0.364.